The van der Waals surface area contributed by atoms with Crippen LogP contribution >= 0.6 is 22.9 Å². The van der Waals surface area contributed by atoms with Crippen molar-refractivity contribution in [3.63, 3.8) is 0 Å². The van der Waals surface area contributed by atoms with Crippen LogP contribution in [-0.2, 0) is 13.0 Å². The van der Waals surface area contributed by atoms with Gasteiger partial charge in [0.05, 0.1) is 10.7 Å². The summed E-state index contributed by atoms with van der Waals surface area (Å²) >= 11 is 7.78. The molecule has 0 saturated carbocycles. The molecule has 1 heterocycles. The smallest absolute Gasteiger partial charge is 0.131 e. The molecule has 0 aliphatic carbocycles. The number of rotatable bonds is 7. The Morgan fingerprint density at radius 2 is 2.24 bits per heavy atom. The number of aryl methyl sites for hydroxylation is 1. The van der Waals surface area contributed by atoms with Crippen molar-refractivity contribution in [2.75, 3.05) is 7.05 Å². The minimum atomic E-state index is 0.185. The molecule has 1 aromatic heterocycles. The van der Waals surface area contributed by atoms with Crippen molar-refractivity contribution in [2.24, 2.45) is 0 Å². The first-order valence-electron chi connectivity index (χ1n) is 7.16. The van der Waals surface area contributed by atoms with Crippen LogP contribution in [0.15, 0.2) is 23.6 Å². The van der Waals surface area contributed by atoms with Gasteiger partial charge in [-0.15, -0.1) is 11.3 Å². The van der Waals surface area contributed by atoms with E-state index < -0.39 is 0 Å². The molecule has 0 radical (unpaired) electrons. The van der Waals surface area contributed by atoms with Crippen LogP contribution in [0.1, 0.15) is 42.6 Å². The van der Waals surface area contributed by atoms with Gasteiger partial charge >= 0.3 is 0 Å². The highest BCUT2D eigenvalue weighted by molar-refractivity contribution is 7.09. The first-order valence-corrected chi connectivity index (χ1v) is 8.42. The maximum absolute atomic E-state index is 6.08. The summed E-state index contributed by atoms with van der Waals surface area (Å²) in [7, 11) is 1.92. The summed E-state index contributed by atoms with van der Waals surface area (Å²) in [5.74, 6) is 0.853. The number of nitrogens with zero attached hydrogens (tertiary/aromatic N) is 1. The lowest BCUT2D eigenvalue weighted by Gasteiger charge is -2.16. The van der Waals surface area contributed by atoms with E-state index in [0.29, 0.717) is 6.61 Å². The van der Waals surface area contributed by atoms with Gasteiger partial charge in [-0.1, -0.05) is 18.5 Å². The molecule has 2 rings (SSSR count). The number of aromatic nitrogens is 1. The standard InChI is InChI=1S/C16H21ClN2OS/c1-4-5-16-19-13(10-21-16)9-20-15-7-6-12(17)8-14(15)11(2)18-3/h6-8,10-11,18H,4-5,9H2,1-3H3. The van der Waals surface area contributed by atoms with E-state index in [1.807, 2.05) is 25.2 Å². The third-order valence-electron chi connectivity index (χ3n) is 3.31. The van der Waals surface area contributed by atoms with Crippen LogP contribution in [0.3, 0.4) is 0 Å². The average molecular weight is 325 g/mol. The molecular weight excluding hydrogens is 304 g/mol. The fourth-order valence-corrected chi connectivity index (χ4v) is 3.11. The first-order chi connectivity index (χ1) is 10.1. The Morgan fingerprint density at radius 1 is 1.43 bits per heavy atom. The predicted octanol–water partition coefficient (Wildman–Crippen LogP) is 4.61. The lowest BCUT2D eigenvalue weighted by atomic mass is 10.1. The van der Waals surface area contributed by atoms with Gasteiger partial charge in [-0.3, -0.25) is 0 Å². The summed E-state index contributed by atoms with van der Waals surface area (Å²) < 4.78 is 5.94. The Morgan fingerprint density at radius 3 is 2.95 bits per heavy atom. The molecule has 3 nitrogen and oxygen atoms in total. The first kappa shape index (κ1) is 16.3. The van der Waals surface area contributed by atoms with E-state index in [4.69, 9.17) is 16.3 Å². The topological polar surface area (TPSA) is 34.1 Å². The van der Waals surface area contributed by atoms with Gasteiger partial charge in [0.1, 0.15) is 12.4 Å². The fraction of sp³-hybridized carbons (Fsp3) is 0.438. The molecule has 0 fully saturated rings. The van der Waals surface area contributed by atoms with Crippen molar-refractivity contribution >= 4 is 22.9 Å². The molecule has 114 valence electrons. The lowest BCUT2D eigenvalue weighted by Crippen LogP contribution is -2.13. The van der Waals surface area contributed by atoms with Crippen molar-refractivity contribution in [1.82, 2.24) is 10.3 Å². The van der Waals surface area contributed by atoms with Crippen LogP contribution in [-0.4, -0.2) is 12.0 Å². The lowest BCUT2D eigenvalue weighted by molar-refractivity contribution is 0.296. The van der Waals surface area contributed by atoms with Crippen molar-refractivity contribution in [2.45, 2.75) is 39.3 Å². The number of thiazole rings is 1. The Labute approximate surface area is 135 Å². The van der Waals surface area contributed by atoms with E-state index in [0.717, 1.165) is 34.9 Å². The third-order valence-corrected chi connectivity index (χ3v) is 4.50. The monoisotopic (exact) mass is 324 g/mol. The molecular formula is C16H21ClN2OS. The molecule has 5 heteroatoms. The van der Waals surface area contributed by atoms with Gasteiger partial charge in [-0.05, 0) is 45.0 Å². The summed E-state index contributed by atoms with van der Waals surface area (Å²) in [6.45, 7) is 4.74. The van der Waals surface area contributed by atoms with Gasteiger partial charge in [-0.2, -0.15) is 0 Å². The highest BCUT2D eigenvalue weighted by Crippen LogP contribution is 2.29. The number of ether oxygens (including phenoxy) is 1. The number of nitrogens with one attached hydrogen (secondary N) is 1. The quantitative estimate of drug-likeness (QED) is 0.807. The molecule has 0 spiro atoms. The molecule has 1 unspecified atom stereocenters. The number of hydrogen-bond acceptors (Lipinski definition) is 4. The van der Waals surface area contributed by atoms with Gasteiger partial charge in [0.2, 0.25) is 0 Å². The van der Waals surface area contributed by atoms with Crippen molar-refractivity contribution < 1.29 is 4.74 Å². The molecule has 1 atom stereocenters. The highest BCUT2D eigenvalue weighted by atomic mass is 35.5. The second-order valence-corrected chi connectivity index (χ2v) is 6.34. The molecule has 0 saturated heterocycles. The number of hydrogen-bond donors (Lipinski definition) is 1. The second-order valence-electron chi connectivity index (χ2n) is 4.96. The molecule has 1 aromatic carbocycles. The van der Waals surface area contributed by atoms with Crippen LogP contribution in [0.25, 0.3) is 0 Å². The summed E-state index contributed by atoms with van der Waals surface area (Å²) in [5, 5.41) is 7.18. The summed E-state index contributed by atoms with van der Waals surface area (Å²) in [6.07, 6.45) is 2.16. The summed E-state index contributed by atoms with van der Waals surface area (Å²) in [6, 6.07) is 5.91. The highest BCUT2D eigenvalue weighted by Gasteiger charge is 2.12. The van der Waals surface area contributed by atoms with Crippen LogP contribution in [0.4, 0.5) is 0 Å². The largest absolute Gasteiger partial charge is 0.487 e. The number of halogens is 1. The maximum Gasteiger partial charge on any atom is 0.131 e. The Hall–Kier alpha value is -1.10. The second kappa shape index (κ2) is 7.78. The molecule has 2 aromatic rings. The molecule has 0 aliphatic rings. The molecule has 1 N–H and O–H groups in total. The van der Waals surface area contributed by atoms with E-state index in [2.05, 4.69) is 29.5 Å². The van der Waals surface area contributed by atoms with Gasteiger partial charge in [0.25, 0.3) is 0 Å². The van der Waals surface area contributed by atoms with Gasteiger partial charge < -0.3 is 10.1 Å². The van der Waals surface area contributed by atoms with Gasteiger partial charge in [0.15, 0.2) is 0 Å². The van der Waals surface area contributed by atoms with E-state index >= 15 is 0 Å². The zero-order valence-corrected chi connectivity index (χ0v) is 14.2. The minimum Gasteiger partial charge on any atom is -0.487 e. The Bertz CT molecular complexity index is 585. The Kier molecular flexibility index (Phi) is 6.03. The van der Waals surface area contributed by atoms with Gasteiger partial charge in [-0.25, -0.2) is 4.98 Å². The van der Waals surface area contributed by atoms with Crippen LogP contribution in [0.2, 0.25) is 5.02 Å². The molecule has 0 aliphatic heterocycles. The zero-order valence-electron chi connectivity index (χ0n) is 12.6. The Balaban J connectivity index is 2.08. The van der Waals surface area contributed by atoms with Crippen molar-refractivity contribution in [1.29, 1.82) is 0 Å². The summed E-state index contributed by atoms with van der Waals surface area (Å²) in [4.78, 5) is 4.58. The zero-order chi connectivity index (χ0) is 15.2. The molecule has 21 heavy (non-hydrogen) atoms. The SMILES string of the molecule is CCCc1nc(COc2ccc(Cl)cc2C(C)NC)cs1. The predicted molar refractivity (Wildman–Crippen MR) is 89.4 cm³/mol. The van der Waals surface area contributed by atoms with Crippen LogP contribution in [0.5, 0.6) is 5.75 Å². The van der Waals surface area contributed by atoms with E-state index in [1.165, 1.54) is 5.01 Å². The minimum absolute atomic E-state index is 0.185. The normalized spacial score (nSPS) is 12.4. The van der Waals surface area contributed by atoms with E-state index in [1.54, 1.807) is 11.3 Å². The van der Waals surface area contributed by atoms with Crippen LogP contribution < -0.4 is 10.1 Å². The molecule has 0 bridgehead atoms. The van der Waals surface area contributed by atoms with Gasteiger partial charge in [0, 0.05) is 22.0 Å². The van der Waals surface area contributed by atoms with Crippen LogP contribution in [0, 0.1) is 0 Å². The van der Waals surface area contributed by atoms with Crippen molar-refractivity contribution in [3.05, 3.63) is 44.9 Å². The number of benzene rings is 1. The van der Waals surface area contributed by atoms with Crippen molar-refractivity contribution in [3.8, 4) is 5.75 Å². The third kappa shape index (κ3) is 4.43. The average Bonchev–Trinajstić information content (AvgIpc) is 2.93. The summed E-state index contributed by atoms with van der Waals surface area (Å²) in [5.41, 5.74) is 2.05. The maximum atomic E-state index is 6.08. The van der Waals surface area contributed by atoms with E-state index in [9.17, 15) is 0 Å². The van der Waals surface area contributed by atoms with E-state index in [-0.39, 0.29) is 6.04 Å². The molecule has 0 amide bonds. The fourth-order valence-electron chi connectivity index (χ4n) is 2.04.